The highest BCUT2D eigenvalue weighted by Gasteiger charge is 2.34. The van der Waals surface area contributed by atoms with Gasteiger partial charge in [-0.25, -0.2) is 0 Å². The van der Waals surface area contributed by atoms with Crippen LogP contribution in [0.15, 0.2) is 54.6 Å². The molecule has 4 rings (SSSR count). The van der Waals surface area contributed by atoms with E-state index in [4.69, 9.17) is 0 Å². The standard InChI is InChI=1S/C26H32N2O.H2/c1-3-28(4-2)25(29)21-12-10-20(11-13-21)24-19-26(14-7-16-27-17-15-26)18-22-8-5-6-9-23(22)24;/h5-6,8-13,19,27H,3-4,7,14-18H2,1-2H3;1H. The third-order valence-electron chi connectivity index (χ3n) is 6.62. The molecule has 0 bridgehead atoms. The molecule has 1 heterocycles. The quantitative estimate of drug-likeness (QED) is 0.782. The van der Waals surface area contributed by atoms with Gasteiger partial charge in [0.05, 0.1) is 0 Å². The van der Waals surface area contributed by atoms with Crippen LogP contribution in [0.1, 0.15) is 61.6 Å². The van der Waals surface area contributed by atoms with E-state index in [1.165, 1.54) is 41.5 Å². The number of nitrogens with one attached hydrogen (secondary N) is 1. The number of hydrogen-bond acceptors (Lipinski definition) is 2. The van der Waals surface area contributed by atoms with Crippen molar-refractivity contribution in [1.29, 1.82) is 0 Å². The molecule has 0 aromatic heterocycles. The summed E-state index contributed by atoms with van der Waals surface area (Å²) in [4.78, 5) is 14.6. The number of rotatable bonds is 4. The molecule has 1 N–H and O–H groups in total. The maximum Gasteiger partial charge on any atom is 0.253 e. The molecule has 2 aromatic carbocycles. The van der Waals surface area contributed by atoms with Gasteiger partial charge in [-0.15, -0.1) is 0 Å². The van der Waals surface area contributed by atoms with E-state index in [-0.39, 0.29) is 12.7 Å². The highest BCUT2D eigenvalue weighted by molar-refractivity contribution is 5.95. The van der Waals surface area contributed by atoms with Crippen LogP contribution in [0, 0.1) is 5.41 Å². The monoisotopic (exact) mass is 390 g/mol. The normalized spacial score (nSPS) is 21.2. The summed E-state index contributed by atoms with van der Waals surface area (Å²) < 4.78 is 0. The predicted octanol–water partition coefficient (Wildman–Crippen LogP) is 5.16. The minimum Gasteiger partial charge on any atom is -0.339 e. The number of hydrogen-bond donors (Lipinski definition) is 1. The Bertz CT molecular complexity index is 892. The fourth-order valence-electron chi connectivity index (χ4n) is 4.95. The first-order valence-electron chi connectivity index (χ1n) is 11.1. The van der Waals surface area contributed by atoms with Crippen molar-refractivity contribution >= 4 is 11.5 Å². The Morgan fingerprint density at radius 2 is 1.79 bits per heavy atom. The van der Waals surface area contributed by atoms with E-state index >= 15 is 0 Å². The lowest BCUT2D eigenvalue weighted by Gasteiger charge is -2.36. The minimum atomic E-state index is 0. The highest BCUT2D eigenvalue weighted by atomic mass is 16.2. The van der Waals surface area contributed by atoms with Crippen LogP contribution in [0.3, 0.4) is 0 Å². The average Bonchev–Trinajstić information content (AvgIpc) is 2.99. The van der Waals surface area contributed by atoms with E-state index in [0.717, 1.165) is 38.2 Å². The highest BCUT2D eigenvalue weighted by Crippen LogP contribution is 2.45. The first-order valence-corrected chi connectivity index (χ1v) is 11.1. The number of nitrogens with zero attached hydrogens (tertiary/aromatic N) is 1. The Morgan fingerprint density at radius 1 is 1.03 bits per heavy atom. The molecule has 1 saturated heterocycles. The van der Waals surface area contributed by atoms with Crippen LogP contribution in [0.4, 0.5) is 0 Å². The second-order valence-electron chi connectivity index (χ2n) is 8.41. The van der Waals surface area contributed by atoms with Gasteiger partial charge in [-0.2, -0.15) is 0 Å². The molecule has 29 heavy (non-hydrogen) atoms. The fraction of sp³-hybridized carbons (Fsp3) is 0.423. The summed E-state index contributed by atoms with van der Waals surface area (Å²) >= 11 is 0. The molecule has 0 radical (unpaired) electrons. The van der Waals surface area contributed by atoms with Gasteiger partial charge in [-0.3, -0.25) is 4.79 Å². The van der Waals surface area contributed by atoms with E-state index in [0.29, 0.717) is 0 Å². The first kappa shape index (κ1) is 19.9. The lowest BCUT2D eigenvalue weighted by Crippen LogP contribution is -2.30. The molecule has 1 amide bonds. The Hall–Kier alpha value is -2.39. The maximum atomic E-state index is 12.7. The van der Waals surface area contributed by atoms with Crippen molar-refractivity contribution < 1.29 is 6.22 Å². The van der Waals surface area contributed by atoms with Gasteiger partial charge in [0.1, 0.15) is 0 Å². The summed E-state index contributed by atoms with van der Waals surface area (Å²) in [7, 11) is 0. The maximum absolute atomic E-state index is 12.7. The van der Waals surface area contributed by atoms with Gasteiger partial charge in [0.25, 0.3) is 5.91 Å². The molecule has 2 aliphatic rings. The van der Waals surface area contributed by atoms with Crippen molar-refractivity contribution in [3.05, 3.63) is 76.9 Å². The Balaban J connectivity index is 0.00000256. The topological polar surface area (TPSA) is 32.3 Å². The summed E-state index contributed by atoms with van der Waals surface area (Å²) in [5, 5.41) is 3.57. The Kier molecular flexibility index (Phi) is 5.86. The van der Waals surface area contributed by atoms with Gasteiger partial charge in [0.2, 0.25) is 0 Å². The molecule has 2 aromatic rings. The van der Waals surface area contributed by atoms with Crippen LogP contribution in [0.25, 0.3) is 5.57 Å². The second-order valence-corrected chi connectivity index (χ2v) is 8.41. The lowest BCUT2D eigenvalue weighted by atomic mass is 9.68. The SMILES string of the molecule is CCN(CC)C(=O)c1ccc(C2=CC3(CCCNCC3)Cc3ccccc32)cc1.[HH]. The molecule has 1 spiro atoms. The molecule has 1 unspecified atom stereocenters. The molecule has 3 heteroatoms. The average molecular weight is 391 g/mol. The van der Waals surface area contributed by atoms with Crippen molar-refractivity contribution in [3.63, 3.8) is 0 Å². The van der Waals surface area contributed by atoms with Crippen molar-refractivity contribution in [1.82, 2.24) is 10.2 Å². The summed E-state index contributed by atoms with van der Waals surface area (Å²) in [6.07, 6.45) is 7.32. The van der Waals surface area contributed by atoms with Crippen molar-refractivity contribution in [2.45, 2.75) is 39.5 Å². The Labute approximate surface area is 176 Å². The van der Waals surface area contributed by atoms with Crippen LogP contribution in [-0.2, 0) is 6.42 Å². The van der Waals surface area contributed by atoms with Crippen LogP contribution in [-0.4, -0.2) is 37.0 Å². The number of carbonyl (C=O) groups excluding carboxylic acids is 1. The predicted molar refractivity (Wildman–Crippen MR) is 122 cm³/mol. The zero-order valence-electron chi connectivity index (χ0n) is 17.7. The summed E-state index contributed by atoms with van der Waals surface area (Å²) in [5.74, 6) is 0.117. The molecule has 0 saturated carbocycles. The molecule has 3 nitrogen and oxygen atoms in total. The van der Waals surface area contributed by atoms with Gasteiger partial charge in [-0.05, 0) is 92.4 Å². The van der Waals surface area contributed by atoms with Crippen molar-refractivity contribution in [3.8, 4) is 0 Å². The van der Waals surface area contributed by atoms with Gasteiger partial charge in [-0.1, -0.05) is 42.5 Å². The smallest absolute Gasteiger partial charge is 0.253 e. The van der Waals surface area contributed by atoms with Crippen LogP contribution >= 0.6 is 0 Å². The van der Waals surface area contributed by atoms with E-state index in [1.54, 1.807) is 0 Å². The zero-order chi connectivity index (χ0) is 20.3. The number of benzene rings is 2. The number of carbonyl (C=O) groups is 1. The third-order valence-corrected chi connectivity index (χ3v) is 6.62. The number of allylic oxidation sites excluding steroid dienone is 1. The minimum absolute atomic E-state index is 0. The molecular weight excluding hydrogens is 356 g/mol. The van der Waals surface area contributed by atoms with Gasteiger partial charge >= 0.3 is 0 Å². The number of fused-ring (bicyclic) bond motifs is 1. The van der Waals surface area contributed by atoms with Gasteiger partial charge < -0.3 is 10.2 Å². The Morgan fingerprint density at radius 3 is 2.55 bits per heavy atom. The van der Waals surface area contributed by atoms with Crippen LogP contribution in [0.2, 0.25) is 0 Å². The molecule has 1 atom stereocenters. The lowest BCUT2D eigenvalue weighted by molar-refractivity contribution is 0.0773. The van der Waals surface area contributed by atoms with Gasteiger partial charge in [0.15, 0.2) is 0 Å². The zero-order valence-corrected chi connectivity index (χ0v) is 17.7. The fourth-order valence-corrected chi connectivity index (χ4v) is 4.95. The molecule has 1 aliphatic carbocycles. The van der Waals surface area contributed by atoms with Crippen LogP contribution < -0.4 is 5.32 Å². The summed E-state index contributed by atoms with van der Waals surface area (Å²) in [6.45, 7) is 7.75. The first-order chi connectivity index (χ1) is 14.2. The van der Waals surface area contributed by atoms with Crippen molar-refractivity contribution in [2.24, 2.45) is 5.41 Å². The van der Waals surface area contributed by atoms with Gasteiger partial charge in [0, 0.05) is 20.1 Å². The van der Waals surface area contributed by atoms with E-state index in [9.17, 15) is 4.79 Å². The summed E-state index contributed by atoms with van der Waals surface area (Å²) in [6, 6.07) is 17.1. The third kappa shape index (κ3) is 4.02. The number of amides is 1. The molecule has 1 fully saturated rings. The van der Waals surface area contributed by atoms with E-state index in [2.05, 4.69) is 47.8 Å². The van der Waals surface area contributed by atoms with E-state index in [1.807, 2.05) is 30.9 Å². The van der Waals surface area contributed by atoms with E-state index < -0.39 is 0 Å². The molecule has 154 valence electrons. The second kappa shape index (κ2) is 8.54. The summed E-state index contributed by atoms with van der Waals surface area (Å²) in [5.41, 5.74) is 6.35. The van der Waals surface area contributed by atoms with Crippen LogP contribution in [0.5, 0.6) is 0 Å². The molecule has 1 aliphatic heterocycles. The largest absolute Gasteiger partial charge is 0.339 e. The molecular formula is C26H34N2O. The van der Waals surface area contributed by atoms with Crippen molar-refractivity contribution in [2.75, 3.05) is 26.2 Å².